The van der Waals surface area contributed by atoms with E-state index in [-0.39, 0.29) is 12.2 Å². The van der Waals surface area contributed by atoms with Gasteiger partial charge in [0.25, 0.3) is 5.91 Å². The highest BCUT2D eigenvalue weighted by molar-refractivity contribution is 5.94. The number of carbonyl (C=O) groups excluding carboxylic acids is 1. The van der Waals surface area contributed by atoms with Crippen LogP contribution in [0.3, 0.4) is 0 Å². The van der Waals surface area contributed by atoms with Crippen LogP contribution in [0.2, 0.25) is 0 Å². The summed E-state index contributed by atoms with van der Waals surface area (Å²) in [7, 11) is 0. The van der Waals surface area contributed by atoms with Crippen LogP contribution in [0.4, 0.5) is 13.2 Å². The molecule has 7 heteroatoms. The minimum Gasteiger partial charge on any atom is -0.406 e. The second kappa shape index (κ2) is 6.80. The van der Waals surface area contributed by atoms with Gasteiger partial charge in [-0.3, -0.25) is 4.79 Å². The van der Waals surface area contributed by atoms with Crippen molar-refractivity contribution in [2.75, 3.05) is 6.61 Å². The van der Waals surface area contributed by atoms with Gasteiger partial charge < -0.3 is 15.2 Å². The largest absolute Gasteiger partial charge is 0.573 e. The van der Waals surface area contributed by atoms with Gasteiger partial charge in [0.2, 0.25) is 0 Å². The van der Waals surface area contributed by atoms with Gasteiger partial charge in [0.05, 0.1) is 12.1 Å². The monoisotopic (exact) mass is 305 g/mol. The van der Waals surface area contributed by atoms with E-state index in [1.54, 1.807) is 0 Å². The third-order valence-electron chi connectivity index (χ3n) is 3.38. The molecule has 2 N–H and O–H groups in total. The number of rotatable bonds is 6. The third kappa shape index (κ3) is 4.93. The zero-order chi connectivity index (χ0) is 16.1. The summed E-state index contributed by atoms with van der Waals surface area (Å²) in [5, 5.41) is 12.1. The lowest BCUT2D eigenvalue weighted by molar-refractivity contribution is -0.274. The molecule has 0 unspecified atom stereocenters. The Hall–Kier alpha value is -1.76. The van der Waals surface area contributed by atoms with Crippen molar-refractivity contribution in [1.82, 2.24) is 5.32 Å². The molecule has 0 aliphatic heterocycles. The summed E-state index contributed by atoms with van der Waals surface area (Å²) in [6, 6.07) is 4.62. The predicted octanol–water partition coefficient (Wildman–Crippen LogP) is 2.87. The van der Waals surface area contributed by atoms with E-state index in [9.17, 15) is 23.1 Å². The second-order valence-corrected chi connectivity index (χ2v) is 4.67. The topological polar surface area (TPSA) is 58.6 Å². The quantitative estimate of drug-likeness (QED) is 0.849. The normalized spacial score (nSPS) is 12.1. The lowest BCUT2D eigenvalue weighted by atomic mass is 9.93. The maximum absolute atomic E-state index is 12.0. The van der Waals surface area contributed by atoms with Crippen LogP contribution in [0.5, 0.6) is 5.75 Å². The molecule has 0 atom stereocenters. The number of carbonyl (C=O) groups is 1. The van der Waals surface area contributed by atoms with Crippen LogP contribution in [0.25, 0.3) is 0 Å². The lowest BCUT2D eigenvalue weighted by Crippen LogP contribution is -2.50. The van der Waals surface area contributed by atoms with Crippen molar-refractivity contribution in [1.29, 1.82) is 0 Å². The van der Waals surface area contributed by atoms with Crippen LogP contribution in [-0.4, -0.2) is 29.5 Å². The van der Waals surface area contributed by atoms with Crippen LogP contribution in [0, 0.1) is 0 Å². The molecule has 0 radical (unpaired) electrons. The highest BCUT2D eigenvalue weighted by Crippen LogP contribution is 2.23. The average molecular weight is 305 g/mol. The van der Waals surface area contributed by atoms with E-state index in [4.69, 9.17) is 0 Å². The molecule has 0 bridgehead atoms. The van der Waals surface area contributed by atoms with Crippen molar-refractivity contribution < 1.29 is 27.8 Å². The Kier molecular flexibility index (Phi) is 5.60. The Morgan fingerprint density at radius 2 is 1.71 bits per heavy atom. The minimum atomic E-state index is -4.76. The lowest BCUT2D eigenvalue weighted by Gasteiger charge is -2.30. The van der Waals surface area contributed by atoms with Crippen molar-refractivity contribution >= 4 is 5.91 Å². The molecule has 0 heterocycles. The molecule has 0 saturated carbocycles. The molecule has 0 saturated heterocycles. The highest BCUT2D eigenvalue weighted by atomic mass is 19.4. The summed E-state index contributed by atoms with van der Waals surface area (Å²) in [5.74, 6) is -0.843. The Morgan fingerprint density at radius 3 is 2.10 bits per heavy atom. The number of amides is 1. The number of hydrogen-bond donors (Lipinski definition) is 2. The van der Waals surface area contributed by atoms with E-state index >= 15 is 0 Å². The van der Waals surface area contributed by atoms with Gasteiger partial charge in [-0.15, -0.1) is 13.2 Å². The number of aliphatic hydroxyl groups excluding tert-OH is 1. The molecule has 0 aliphatic rings. The summed E-state index contributed by atoms with van der Waals surface area (Å²) in [4.78, 5) is 12.0. The van der Waals surface area contributed by atoms with Crippen LogP contribution >= 0.6 is 0 Å². The predicted molar refractivity (Wildman–Crippen MR) is 71.0 cm³/mol. The first-order chi connectivity index (χ1) is 9.75. The molecule has 1 rings (SSSR count). The van der Waals surface area contributed by atoms with Gasteiger partial charge in [-0.1, -0.05) is 13.8 Å². The fourth-order valence-corrected chi connectivity index (χ4v) is 1.81. The van der Waals surface area contributed by atoms with Gasteiger partial charge in [0.1, 0.15) is 5.75 Å². The first kappa shape index (κ1) is 17.3. The van der Waals surface area contributed by atoms with E-state index in [0.29, 0.717) is 12.8 Å². The van der Waals surface area contributed by atoms with Gasteiger partial charge >= 0.3 is 6.36 Å². The summed E-state index contributed by atoms with van der Waals surface area (Å²) in [6.07, 6.45) is -3.68. The molecule has 1 aromatic rings. The fraction of sp³-hybridized carbons (Fsp3) is 0.500. The molecular formula is C14H18F3NO3. The highest BCUT2D eigenvalue weighted by Gasteiger charge is 2.31. The third-order valence-corrected chi connectivity index (χ3v) is 3.38. The van der Waals surface area contributed by atoms with E-state index in [1.807, 2.05) is 13.8 Å². The molecule has 1 amide bonds. The first-order valence-electron chi connectivity index (χ1n) is 6.54. The Labute approximate surface area is 120 Å². The Balaban J connectivity index is 2.80. The van der Waals surface area contributed by atoms with Crippen molar-refractivity contribution in [3.05, 3.63) is 29.8 Å². The zero-order valence-electron chi connectivity index (χ0n) is 11.8. The Bertz CT molecular complexity index is 459. The number of benzene rings is 1. The number of aliphatic hydroxyl groups is 1. The molecule has 4 nitrogen and oxygen atoms in total. The number of nitrogens with one attached hydrogen (secondary N) is 1. The summed E-state index contributed by atoms with van der Waals surface area (Å²) < 4.78 is 39.8. The minimum absolute atomic E-state index is 0.198. The standard InChI is InChI=1S/C14H18F3NO3/c1-3-13(4-2,9-19)18-12(20)10-5-7-11(8-6-10)21-14(15,16)17/h5-8,19H,3-4,9H2,1-2H3,(H,18,20). The molecule has 21 heavy (non-hydrogen) atoms. The second-order valence-electron chi connectivity index (χ2n) is 4.67. The van der Waals surface area contributed by atoms with Gasteiger partial charge in [-0.2, -0.15) is 0 Å². The molecule has 0 aromatic heterocycles. The maximum Gasteiger partial charge on any atom is 0.573 e. The molecule has 0 aliphatic carbocycles. The molecule has 0 spiro atoms. The van der Waals surface area contributed by atoms with Crippen molar-refractivity contribution in [3.63, 3.8) is 0 Å². The van der Waals surface area contributed by atoms with E-state index in [2.05, 4.69) is 10.1 Å². The molecular weight excluding hydrogens is 287 g/mol. The SMILES string of the molecule is CCC(CC)(CO)NC(=O)c1ccc(OC(F)(F)F)cc1. The zero-order valence-corrected chi connectivity index (χ0v) is 11.8. The van der Waals surface area contributed by atoms with Crippen LogP contribution in [-0.2, 0) is 0 Å². The van der Waals surface area contributed by atoms with Crippen molar-refractivity contribution in [2.24, 2.45) is 0 Å². The van der Waals surface area contributed by atoms with Crippen molar-refractivity contribution in [2.45, 2.75) is 38.6 Å². The summed E-state index contributed by atoms with van der Waals surface area (Å²) >= 11 is 0. The van der Waals surface area contributed by atoms with Gasteiger partial charge in [0, 0.05) is 5.56 Å². The van der Waals surface area contributed by atoms with Crippen molar-refractivity contribution in [3.8, 4) is 5.75 Å². The summed E-state index contributed by atoms with van der Waals surface area (Å²) in [6.45, 7) is 3.46. The first-order valence-corrected chi connectivity index (χ1v) is 6.54. The van der Waals surface area contributed by atoms with Gasteiger partial charge in [0.15, 0.2) is 0 Å². The molecule has 0 fully saturated rings. The van der Waals surface area contributed by atoms with E-state index < -0.39 is 23.6 Å². The van der Waals surface area contributed by atoms with E-state index in [0.717, 1.165) is 12.1 Å². The van der Waals surface area contributed by atoms with Gasteiger partial charge in [-0.05, 0) is 37.1 Å². The average Bonchev–Trinajstić information content (AvgIpc) is 2.44. The Morgan fingerprint density at radius 1 is 1.19 bits per heavy atom. The summed E-state index contributed by atoms with van der Waals surface area (Å²) in [5.41, 5.74) is -0.526. The maximum atomic E-state index is 12.0. The van der Waals surface area contributed by atoms with Crippen LogP contribution in [0.15, 0.2) is 24.3 Å². The van der Waals surface area contributed by atoms with Gasteiger partial charge in [-0.25, -0.2) is 0 Å². The smallest absolute Gasteiger partial charge is 0.406 e. The molecule has 1 aromatic carbocycles. The van der Waals surface area contributed by atoms with E-state index in [1.165, 1.54) is 12.1 Å². The number of ether oxygens (including phenoxy) is 1. The molecule has 118 valence electrons. The number of halogens is 3. The number of hydrogen-bond acceptors (Lipinski definition) is 3. The van der Waals surface area contributed by atoms with Crippen LogP contribution in [0.1, 0.15) is 37.0 Å². The fourth-order valence-electron chi connectivity index (χ4n) is 1.81. The van der Waals surface area contributed by atoms with Crippen LogP contribution < -0.4 is 10.1 Å². The number of alkyl halides is 3.